The van der Waals surface area contributed by atoms with Crippen molar-refractivity contribution < 1.29 is 19.4 Å². The van der Waals surface area contributed by atoms with Crippen molar-refractivity contribution in [2.75, 3.05) is 26.8 Å². The topological polar surface area (TPSA) is 126 Å². The SMILES string of the molecule is COCCCn1c([C@@H]2CCCN(C(=O)C[C@@H](Cc3ccc(-n4c(=O)[nH]c5cc(C)c(C)cc54)cc3)N(C(=O)O)C(C)(C)C)C2)nc2ccccc21. The molecule has 0 bridgehead atoms. The van der Waals surface area contributed by atoms with Crippen LogP contribution in [0.4, 0.5) is 4.79 Å². The second-order valence-electron chi connectivity index (χ2n) is 14.9. The Morgan fingerprint density at radius 1 is 1.06 bits per heavy atom. The smallest absolute Gasteiger partial charge is 0.408 e. The second-order valence-corrected chi connectivity index (χ2v) is 14.9. The maximum absolute atomic E-state index is 14.1. The lowest BCUT2D eigenvalue weighted by molar-refractivity contribution is -0.134. The Hall–Kier alpha value is -4.90. The highest BCUT2D eigenvalue weighted by molar-refractivity contribution is 5.80. The van der Waals surface area contributed by atoms with Gasteiger partial charge in [-0.15, -0.1) is 0 Å². The summed E-state index contributed by atoms with van der Waals surface area (Å²) in [5.41, 5.74) is 6.44. The number of imidazole rings is 2. The summed E-state index contributed by atoms with van der Waals surface area (Å²) in [6, 6.07) is 19.2. The molecule has 6 rings (SSSR count). The second kappa shape index (κ2) is 14.8. The molecule has 3 heterocycles. The number of nitrogens with one attached hydrogen (secondary N) is 1. The van der Waals surface area contributed by atoms with Gasteiger partial charge in [0.2, 0.25) is 5.91 Å². The monoisotopic (exact) mass is 694 g/mol. The lowest BCUT2D eigenvalue weighted by Crippen LogP contribution is -2.54. The molecule has 0 aliphatic carbocycles. The van der Waals surface area contributed by atoms with Crippen LogP contribution in [-0.2, 0) is 22.5 Å². The number of amides is 2. The lowest BCUT2D eigenvalue weighted by Gasteiger charge is -2.41. The van der Waals surface area contributed by atoms with E-state index in [4.69, 9.17) is 9.72 Å². The van der Waals surface area contributed by atoms with E-state index in [1.165, 1.54) is 4.90 Å². The molecule has 0 radical (unpaired) electrons. The van der Waals surface area contributed by atoms with Crippen LogP contribution in [0.3, 0.4) is 0 Å². The Kier molecular flexibility index (Phi) is 10.4. The van der Waals surface area contributed by atoms with Gasteiger partial charge in [-0.25, -0.2) is 14.6 Å². The summed E-state index contributed by atoms with van der Waals surface area (Å²) in [6.45, 7) is 12.2. The Morgan fingerprint density at radius 2 is 1.78 bits per heavy atom. The summed E-state index contributed by atoms with van der Waals surface area (Å²) in [7, 11) is 1.71. The van der Waals surface area contributed by atoms with Gasteiger partial charge < -0.3 is 24.3 Å². The number of para-hydroxylation sites is 2. The summed E-state index contributed by atoms with van der Waals surface area (Å²) in [6.07, 6.45) is 1.98. The van der Waals surface area contributed by atoms with Gasteiger partial charge in [-0.05, 0) is 113 Å². The Morgan fingerprint density at radius 3 is 2.49 bits per heavy atom. The van der Waals surface area contributed by atoms with Crippen LogP contribution in [0.15, 0.2) is 65.5 Å². The van der Waals surface area contributed by atoms with E-state index in [2.05, 4.69) is 15.6 Å². The fraction of sp³-hybridized carbons (Fsp3) is 0.450. The van der Waals surface area contributed by atoms with Crippen molar-refractivity contribution in [1.82, 2.24) is 28.9 Å². The van der Waals surface area contributed by atoms with E-state index >= 15 is 0 Å². The number of benzene rings is 3. The van der Waals surface area contributed by atoms with Crippen LogP contribution >= 0.6 is 0 Å². The summed E-state index contributed by atoms with van der Waals surface area (Å²) in [5, 5.41) is 10.4. The maximum Gasteiger partial charge on any atom is 0.408 e. The van der Waals surface area contributed by atoms with E-state index in [1.807, 2.05) is 94.1 Å². The zero-order chi connectivity index (χ0) is 36.4. The van der Waals surface area contributed by atoms with E-state index in [1.54, 1.807) is 11.7 Å². The molecule has 0 unspecified atom stereocenters. The van der Waals surface area contributed by atoms with E-state index in [0.29, 0.717) is 31.8 Å². The molecule has 1 fully saturated rings. The van der Waals surface area contributed by atoms with Gasteiger partial charge >= 0.3 is 11.8 Å². The normalized spacial score (nSPS) is 15.8. The first kappa shape index (κ1) is 35.9. The third kappa shape index (κ3) is 7.58. The average molecular weight is 695 g/mol. The van der Waals surface area contributed by atoms with E-state index in [9.17, 15) is 19.5 Å². The highest BCUT2D eigenvalue weighted by atomic mass is 16.5. The van der Waals surface area contributed by atoms with Crippen molar-refractivity contribution in [3.05, 3.63) is 93.7 Å². The van der Waals surface area contributed by atoms with E-state index < -0.39 is 17.7 Å². The van der Waals surface area contributed by atoms with Crippen molar-refractivity contribution in [3.8, 4) is 5.69 Å². The minimum Gasteiger partial charge on any atom is -0.465 e. The van der Waals surface area contributed by atoms with Gasteiger partial charge in [0, 0.05) is 57.3 Å². The van der Waals surface area contributed by atoms with Gasteiger partial charge in [-0.1, -0.05) is 24.3 Å². The van der Waals surface area contributed by atoms with Crippen molar-refractivity contribution >= 4 is 34.1 Å². The van der Waals surface area contributed by atoms with E-state index in [0.717, 1.165) is 70.4 Å². The van der Waals surface area contributed by atoms with Crippen LogP contribution in [0, 0.1) is 13.8 Å². The molecule has 1 aliphatic rings. The number of carbonyl (C=O) groups is 2. The average Bonchev–Trinajstić information content (AvgIpc) is 3.61. The molecule has 51 heavy (non-hydrogen) atoms. The number of nitrogens with zero attached hydrogens (tertiary/aromatic N) is 5. The molecule has 1 aliphatic heterocycles. The number of piperidine rings is 1. The molecule has 0 saturated carbocycles. The van der Waals surface area contributed by atoms with Crippen molar-refractivity contribution in [2.24, 2.45) is 0 Å². The van der Waals surface area contributed by atoms with Crippen LogP contribution in [-0.4, -0.2) is 84.4 Å². The number of aromatic amines is 1. The van der Waals surface area contributed by atoms with Gasteiger partial charge in [0.1, 0.15) is 5.82 Å². The minimum atomic E-state index is -1.06. The number of carbonyl (C=O) groups excluding carboxylic acids is 1. The predicted molar refractivity (Wildman–Crippen MR) is 200 cm³/mol. The number of rotatable bonds is 11. The number of carboxylic acid groups (broad SMARTS) is 1. The zero-order valence-corrected chi connectivity index (χ0v) is 30.6. The molecular weight excluding hydrogens is 644 g/mol. The highest BCUT2D eigenvalue weighted by Crippen LogP contribution is 2.31. The summed E-state index contributed by atoms with van der Waals surface area (Å²) in [5.74, 6) is 1.00. The molecule has 2 aromatic heterocycles. The zero-order valence-electron chi connectivity index (χ0n) is 30.6. The van der Waals surface area contributed by atoms with Crippen LogP contribution in [0.1, 0.15) is 74.9 Å². The number of hydrogen-bond donors (Lipinski definition) is 2. The highest BCUT2D eigenvalue weighted by Gasteiger charge is 2.37. The van der Waals surface area contributed by atoms with Gasteiger partial charge in [0.05, 0.1) is 27.8 Å². The first-order chi connectivity index (χ1) is 24.3. The first-order valence-electron chi connectivity index (χ1n) is 17.9. The molecule has 1 saturated heterocycles. The maximum atomic E-state index is 14.1. The van der Waals surface area contributed by atoms with Crippen LogP contribution in [0.2, 0.25) is 0 Å². The van der Waals surface area contributed by atoms with Crippen LogP contribution < -0.4 is 5.69 Å². The molecule has 2 atom stereocenters. The summed E-state index contributed by atoms with van der Waals surface area (Å²) < 4.78 is 9.26. The first-order valence-corrected chi connectivity index (χ1v) is 17.9. The van der Waals surface area contributed by atoms with E-state index in [-0.39, 0.29) is 23.9 Å². The molecule has 270 valence electrons. The number of methoxy groups -OCH3 is 1. The van der Waals surface area contributed by atoms with Gasteiger partial charge in [0.25, 0.3) is 0 Å². The number of hydrogen-bond acceptors (Lipinski definition) is 5. The van der Waals surface area contributed by atoms with Crippen molar-refractivity contribution in [3.63, 3.8) is 0 Å². The number of fused-ring (bicyclic) bond motifs is 2. The number of ether oxygens (including phenoxy) is 1. The Bertz CT molecular complexity index is 2090. The molecule has 5 aromatic rings. The minimum absolute atomic E-state index is 0.0584. The van der Waals surface area contributed by atoms with Crippen molar-refractivity contribution in [1.29, 1.82) is 0 Å². The molecule has 3 aromatic carbocycles. The number of likely N-dealkylation sites (tertiary alicyclic amines) is 1. The lowest BCUT2D eigenvalue weighted by atomic mass is 9.93. The molecule has 0 spiro atoms. The standard InChI is InChI=1S/C40H50N6O5/c1-26-21-33-35(22-27(26)2)45(38(48)42-33)30-16-14-28(15-17-30)23-31(46(39(49)50)40(3,4)5)24-36(47)43-18-9-11-29(25-43)37-41-32-12-7-8-13-34(32)44(37)19-10-20-51-6/h7-8,12-17,21-22,29,31H,9-11,18-20,23-25H2,1-6H3,(H,42,48)(H,49,50)/t29-,31-/m1/s1. The number of aryl methyl sites for hydroxylation is 3. The van der Waals surface area contributed by atoms with Crippen LogP contribution in [0.5, 0.6) is 0 Å². The summed E-state index contributed by atoms with van der Waals surface area (Å²) in [4.78, 5) is 51.2. The van der Waals surface area contributed by atoms with Gasteiger partial charge in [-0.3, -0.25) is 14.3 Å². The molecular formula is C40H50N6O5. The predicted octanol–water partition coefficient (Wildman–Crippen LogP) is 6.81. The van der Waals surface area contributed by atoms with Crippen molar-refractivity contribution in [2.45, 2.75) is 90.8 Å². The number of aromatic nitrogens is 4. The van der Waals surface area contributed by atoms with Crippen LogP contribution in [0.25, 0.3) is 27.8 Å². The fourth-order valence-corrected chi connectivity index (χ4v) is 7.67. The Balaban J connectivity index is 1.24. The largest absolute Gasteiger partial charge is 0.465 e. The summed E-state index contributed by atoms with van der Waals surface area (Å²) >= 11 is 0. The molecule has 11 heteroatoms. The third-order valence-electron chi connectivity index (χ3n) is 10.2. The molecule has 11 nitrogen and oxygen atoms in total. The fourth-order valence-electron chi connectivity index (χ4n) is 7.67. The Labute approximate surface area is 298 Å². The van der Waals surface area contributed by atoms with Gasteiger partial charge in [-0.2, -0.15) is 0 Å². The third-order valence-corrected chi connectivity index (χ3v) is 10.2. The quantitative estimate of drug-likeness (QED) is 0.147. The molecule has 2 N–H and O–H groups in total. The number of H-pyrrole nitrogens is 1. The molecule has 2 amide bonds. The van der Waals surface area contributed by atoms with Gasteiger partial charge in [0.15, 0.2) is 0 Å².